The third-order valence-corrected chi connectivity index (χ3v) is 4.05. The standard InChI is InChI=1S/C19H23N3O.ClH/c1-3-4-11-22-14-21-17-12-16(9-10-18(17)22)20-13-15-7-5-6-8-19(15)23-2;/h5-10,12,14,20H,3-4,11,13H2,1-2H3;1H. The highest BCUT2D eigenvalue weighted by atomic mass is 35.5. The third-order valence-electron chi connectivity index (χ3n) is 4.05. The van der Waals surface area contributed by atoms with Crippen molar-refractivity contribution in [2.24, 2.45) is 0 Å². The minimum atomic E-state index is 0. The number of aryl methyl sites for hydroxylation is 1. The van der Waals surface area contributed by atoms with E-state index in [0.717, 1.165) is 35.6 Å². The van der Waals surface area contributed by atoms with Gasteiger partial charge in [-0.25, -0.2) is 4.98 Å². The van der Waals surface area contributed by atoms with Gasteiger partial charge in [0.05, 0.1) is 24.5 Å². The maximum atomic E-state index is 5.39. The van der Waals surface area contributed by atoms with Crippen LogP contribution in [-0.4, -0.2) is 16.7 Å². The molecule has 4 nitrogen and oxygen atoms in total. The Balaban J connectivity index is 0.00000208. The van der Waals surface area contributed by atoms with Gasteiger partial charge in [0.1, 0.15) is 5.75 Å². The third kappa shape index (κ3) is 4.01. The summed E-state index contributed by atoms with van der Waals surface area (Å²) in [5.41, 5.74) is 4.44. The van der Waals surface area contributed by atoms with Crippen LogP contribution in [0.3, 0.4) is 0 Å². The molecule has 0 fully saturated rings. The molecule has 24 heavy (non-hydrogen) atoms. The molecular formula is C19H24ClN3O. The van der Waals surface area contributed by atoms with Gasteiger partial charge in [-0.2, -0.15) is 0 Å². The molecule has 0 atom stereocenters. The molecule has 3 aromatic rings. The van der Waals surface area contributed by atoms with E-state index in [1.807, 2.05) is 24.5 Å². The Kier molecular flexibility index (Phi) is 6.50. The number of rotatable bonds is 7. The predicted octanol–water partition coefficient (Wildman–Crippen LogP) is 4.88. The first-order valence-corrected chi connectivity index (χ1v) is 8.12. The summed E-state index contributed by atoms with van der Waals surface area (Å²) >= 11 is 0. The van der Waals surface area contributed by atoms with Crippen LogP contribution in [0.1, 0.15) is 25.3 Å². The van der Waals surface area contributed by atoms with Crippen molar-refractivity contribution >= 4 is 29.1 Å². The highest BCUT2D eigenvalue weighted by molar-refractivity contribution is 5.85. The number of benzene rings is 2. The van der Waals surface area contributed by atoms with Crippen molar-refractivity contribution in [3.8, 4) is 5.75 Å². The topological polar surface area (TPSA) is 39.1 Å². The molecule has 0 aliphatic rings. The van der Waals surface area contributed by atoms with E-state index in [0.29, 0.717) is 0 Å². The minimum absolute atomic E-state index is 0. The van der Waals surface area contributed by atoms with Crippen LogP contribution in [0.15, 0.2) is 48.8 Å². The van der Waals surface area contributed by atoms with Crippen LogP contribution in [0.2, 0.25) is 0 Å². The van der Waals surface area contributed by atoms with E-state index in [1.165, 1.54) is 18.4 Å². The number of para-hydroxylation sites is 1. The van der Waals surface area contributed by atoms with E-state index in [2.05, 4.69) is 46.1 Å². The van der Waals surface area contributed by atoms with Gasteiger partial charge in [0.2, 0.25) is 0 Å². The van der Waals surface area contributed by atoms with Crippen molar-refractivity contribution in [3.63, 3.8) is 0 Å². The number of unbranched alkanes of at least 4 members (excludes halogenated alkanes) is 1. The molecule has 3 rings (SSSR count). The molecule has 128 valence electrons. The van der Waals surface area contributed by atoms with Crippen molar-refractivity contribution in [1.82, 2.24) is 9.55 Å². The lowest BCUT2D eigenvalue weighted by atomic mass is 10.2. The fourth-order valence-electron chi connectivity index (χ4n) is 2.73. The van der Waals surface area contributed by atoms with Crippen molar-refractivity contribution in [1.29, 1.82) is 0 Å². The Morgan fingerprint density at radius 1 is 1.17 bits per heavy atom. The maximum Gasteiger partial charge on any atom is 0.123 e. The van der Waals surface area contributed by atoms with Gasteiger partial charge >= 0.3 is 0 Å². The minimum Gasteiger partial charge on any atom is -0.496 e. The Hall–Kier alpha value is -2.20. The van der Waals surface area contributed by atoms with Gasteiger partial charge in [-0.1, -0.05) is 31.5 Å². The number of ether oxygens (including phenoxy) is 1. The molecule has 0 unspecified atom stereocenters. The lowest BCUT2D eigenvalue weighted by Gasteiger charge is -2.10. The number of nitrogens with one attached hydrogen (secondary N) is 1. The van der Waals surface area contributed by atoms with E-state index in [4.69, 9.17) is 4.74 Å². The number of fused-ring (bicyclic) bond motifs is 1. The number of aromatic nitrogens is 2. The molecule has 0 bridgehead atoms. The first kappa shape index (κ1) is 18.1. The molecule has 1 heterocycles. The van der Waals surface area contributed by atoms with E-state index in [9.17, 15) is 0 Å². The lowest BCUT2D eigenvalue weighted by Crippen LogP contribution is -2.01. The first-order valence-electron chi connectivity index (χ1n) is 8.12. The van der Waals surface area contributed by atoms with Gasteiger partial charge in [0.25, 0.3) is 0 Å². The summed E-state index contributed by atoms with van der Waals surface area (Å²) < 4.78 is 7.61. The van der Waals surface area contributed by atoms with Crippen LogP contribution >= 0.6 is 12.4 Å². The molecule has 5 heteroatoms. The number of anilines is 1. The number of imidazole rings is 1. The van der Waals surface area contributed by atoms with Crippen molar-refractivity contribution in [2.75, 3.05) is 12.4 Å². The van der Waals surface area contributed by atoms with Gasteiger partial charge in [0, 0.05) is 24.3 Å². The monoisotopic (exact) mass is 345 g/mol. The first-order chi connectivity index (χ1) is 11.3. The van der Waals surface area contributed by atoms with Gasteiger partial charge in [0.15, 0.2) is 0 Å². The van der Waals surface area contributed by atoms with Crippen LogP contribution in [0.5, 0.6) is 5.75 Å². The SMILES string of the molecule is CCCCn1cnc2cc(NCc3ccccc3OC)ccc21.Cl. The van der Waals surface area contributed by atoms with Gasteiger partial charge in [-0.05, 0) is 30.7 Å². The highest BCUT2D eigenvalue weighted by Crippen LogP contribution is 2.22. The maximum absolute atomic E-state index is 5.39. The second kappa shape index (κ2) is 8.60. The summed E-state index contributed by atoms with van der Waals surface area (Å²) in [6, 6.07) is 14.4. The molecule has 0 aliphatic heterocycles. The Morgan fingerprint density at radius 2 is 2.00 bits per heavy atom. The molecule has 0 saturated carbocycles. The largest absolute Gasteiger partial charge is 0.496 e. The fraction of sp³-hybridized carbons (Fsp3) is 0.316. The summed E-state index contributed by atoms with van der Waals surface area (Å²) in [7, 11) is 1.70. The van der Waals surface area contributed by atoms with Crippen LogP contribution in [-0.2, 0) is 13.1 Å². The summed E-state index contributed by atoms with van der Waals surface area (Å²) in [5.74, 6) is 0.907. The second-order valence-corrected chi connectivity index (χ2v) is 5.66. The molecule has 0 radical (unpaired) electrons. The van der Waals surface area contributed by atoms with Gasteiger partial charge < -0.3 is 14.6 Å². The lowest BCUT2D eigenvalue weighted by molar-refractivity contribution is 0.410. The quantitative estimate of drug-likeness (QED) is 0.663. The fourth-order valence-corrected chi connectivity index (χ4v) is 2.73. The van der Waals surface area contributed by atoms with E-state index < -0.39 is 0 Å². The summed E-state index contributed by atoms with van der Waals surface area (Å²) in [4.78, 5) is 4.52. The van der Waals surface area contributed by atoms with E-state index >= 15 is 0 Å². The smallest absolute Gasteiger partial charge is 0.123 e. The van der Waals surface area contributed by atoms with Crippen LogP contribution in [0.25, 0.3) is 11.0 Å². The molecule has 0 aliphatic carbocycles. The number of hydrogen-bond acceptors (Lipinski definition) is 3. The normalized spacial score (nSPS) is 10.4. The molecule has 0 saturated heterocycles. The molecule has 0 amide bonds. The van der Waals surface area contributed by atoms with Crippen LogP contribution in [0.4, 0.5) is 5.69 Å². The van der Waals surface area contributed by atoms with Crippen molar-refractivity contribution < 1.29 is 4.74 Å². The van der Waals surface area contributed by atoms with E-state index in [-0.39, 0.29) is 12.4 Å². The summed E-state index contributed by atoms with van der Waals surface area (Å²) in [6.07, 6.45) is 4.31. The molecule has 1 N–H and O–H groups in total. The van der Waals surface area contributed by atoms with E-state index in [1.54, 1.807) is 7.11 Å². The van der Waals surface area contributed by atoms with Crippen molar-refractivity contribution in [3.05, 3.63) is 54.4 Å². The van der Waals surface area contributed by atoms with Gasteiger partial charge in [-0.15, -0.1) is 12.4 Å². The number of halogens is 1. The number of nitrogens with zero attached hydrogens (tertiary/aromatic N) is 2. The summed E-state index contributed by atoms with van der Waals surface area (Å²) in [6.45, 7) is 3.96. The molecule has 0 spiro atoms. The molecule has 2 aromatic carbocycles. The van der Waals surface area contributed by atoms with Gasteiger partial charge in [-0.3, -0.25) is 0 Å². The highest BCUT2D eigenvalue weighted by Gasteiger charge is 2.05. The van der Waals surface area contributed by atoms with Crippen LogP contribution in [0, 0.1) is 0 Å². The Labute approximate surface area is 149 Å². The van der Waals surface area contributed by atoms with Crippen LogP contribution < -0.4 is 10.1 Å². The summed E-state index contributed by atoms with van der Waals surface area (Å²) in [5, 5.41) is 3.45. The zero-order valence-corrected chi connectivity index (χ0v) is 15.0. The second-order valence-electron chi connectivity index (χ2n) is 5.66. The average molecular weight is 346 g/mol. The Morgan fingerprint density at radius 3 is 2.79 bits per heavy atom. The number of methoxy groups -OCH3 is 1. The average Bonchev–Trinajstić information content (AvgIpc) is 3.00. The molecular weight excluding hydrogens is 322 g/mol. The molecule has 1 aromatic heterocycles. The predicted molar refractivity (Wildman–Crippen MR) is 102 cm³/mol. The zero-order valence-electron chi connectivity index (χ0n) is 14.2. The van der Waals surface area contributed by atoms with Crippen molar-refractivity contribution in [2.45, 2.75) is 32.9 Å². The zero-order chi connectivity index (χ0) is 16.1. The Bertz CT molecular complexity index is 785. The number of hydrogen-bond donors (Lipinski definition) is 1.